The number of anilines is 3. The summed E-state index contributed by atoms with van der Waals surface area (Å²) in [7, 11) is 0. The van der Waals surface area contributed by atoms with Gasteiger partial charge in [-0.3, -0.25) is 9.98 Å². The van der Waals surface area contributed by atoms with Crippen molar-refractivity contribution in [2.45, 2.75) is 12.8 Å². The van der Waals surface area contributed by atoms with Crippen LogP contribution in [0.3, 0.4) is 0 Å². The molecule has 2 aliphatic heterocycles. The first-order chi connectivity index (χ1) is 17.7. The average Bonchev–Trinajstić information content (AvgIpc) is 3.67. The minimum atomic E-state index is -0.277. The van der Waals surface area contributed by atoms with Crippen molar-refractivity contribution in [3.05, 3.63) is 77.6 Å². The topological polar surface area (TPSA) is 82.4 Å². The second-order valence-electron chi connectivity index (χ2n) is 9.21. The van der Waals surface area contributed by atoms with Gasteiger partial charge >= 0.3 is 0 Å². The summed E-state index contributed by atoms with van der Waals surface area (Å²) in [6.45, 7) is 4.02. The molecule has 0 spiro atoms. The van der Waals surface area contributed by atoms with Crippen LogP contribution in [0, 0.1) is 11.7 Å². The van der Waals surface area contributed by atoms with Crippen LogP contribution in [0.4, 0.5) is 22.0 Å². The van der Waals surface area contributed by atoms with E-state index in [4.69, 9.17) is 9.97 Å². The SMILES string of the molecule is Fc1cccc(/C=C/c2nc(NC3=NCC(C4CC4)=C3)nc(N3CCN(c4ccncc4)CC3)n2)c1. The van der Waals surface area contributed by atoms with E-state index < -0.39 is 0 Å². The van der Waals surface area contributed by atoms with Gasteiger partial charge in [-0.05, 0) is 66.3 Å². The predicted molar refractivity (Wildman–Crippen MR) is 141 cm³/mol. The monoisotopic (exact) mass is 482 g/mol. The number of aromatic nitrogens is 4. The zero-order valence-corrected chi connectivity index (χ0v) is 19.9. The van der Waals surface area contributed by atoms with Crippen molar-refractivity contribution < 1.29 is 4.39 Å². The van der Waals surface area contributed by atoms with Crippen molar-refractivity contribution in [1.82, 2.24) is 19.9 Å². The Hall–Kier alpha value is -4.14. The number of aliphatic imine (C=N–C) groups is 1. The standard InChI is InChI=1S/C27H27FN8/c28-22-3-1-2-19(16-22)4-7-24-31-26(32-25-17-21(18-30-25)20-5-6-20)34-27(33-24)36-14-12-35(13-15-36)23-8-10-29-11-9-23/h1-4,7-11,16-17,20H,5-6,12-15,18H2,(H,30,31,32,33,34)/b7-4+. The molecule has 6 rings (SSSR count). The minimum absolute atomic E-state index is 0.277. The Morgan fingerprint density at radius 1 is 0.917 bits per heavy atom. The van der Waals surface area contributed by atoms with E-state index in [0.717, 1.165) is 44.1 Å². The van der Waals surface area contributed by atoms with Crippen molar-refractivity contribution in [1.29, 1.82) is 0 Å². The van der Waals surface area contributed by atoms with Gasteiger partial charge in [-0.1, -0.05) is 18.2 Å². The van der Waals surface area contributed by atoms with E-state index in [2.05, 4.69) is 36.2 Å². The predicted octanol–water partition coefficient (Wildman–Crippen LogP) is 4.06. The number of amidine groups is 1. The molecule has 1 N–H and O–H groups in total. The number of pyridine rings is 1. The first-order valence-electron chi connectivity index (χ1n) is 12.3. The largest absolute Gasteiger partial charge is 0.368 e. The molecular formula is C27H27FN8. The summed E-state index contributed by atoms with van der Waals surface area (Å²) in [5.41, 5.74) is 3.29. The molecule has 0 atom stereocenters. The lowest BCUT2D eigenvalue weighted by molar-refractivity contribution is 0.627. The molecule has 2 aromatic heterocycles. The number of piperazine rings is 1. The van der Waals surface area contributed by atoms with E-state index in [1.165, 1.54) is 36.2 Å². The fraction of sp³-hybridized carbons (Fsp3) is 0.296. The Bertz CT molecular complexity index is 1320. The molecule has 1 saturated heterocycles. The highest BCUT2D eigenvalue weighted by Crippen LogP contribution is 2.37. The van der Waals surface area contributed by atoms with Gasteiger partial charge in [0.15, 0.2) is 5.82 Å². The lowest BCUT2D eigenvalue weighted by Gasteiger charge is -2.36. The van der Waals surface area contributed by atoms with Crippen molar-refractivity contribution in [2.24, 2.45) is 10.9 Å². The molecule has 36 heavy (non-hydrogen) atoms. The normalized spacial score (nSPS) is 17.9. The van der Waals surface area contributed by atoms with Gasteiger partial charge in [0, 0.05) is 44.3 Å². The van der Waals surface area contributed by atoms with Crippen LogP contribution in [-0.4, -0.2) is 58.5 Å². The first kappa shape index (κ1) is 22.3. The second kappa shape index (κ2) is 9.85. The van der Waals surface area contributed by atoms with Crippen LogP contribution < -0.4 is 15.1 Å². The van der Waals surface area contributed by atoms with Crippen LogP contribution >= 0.6 is 0 Å². The van der Waals surface area contributed by atoms with Gasteiger partial charge in [0.1, 0.15) is 11.7 Å². The van der Waals surface area contributed by atoms with Crippen LogP contribution in [0.5, 0.6) is 0 Å². The van der Waals surface area contributed by atoms with Crippen LogP contribution in [-0.2, 0) is 0 Å². The van der Waals surface area contributed by atoms with Crippen LogP contribution in [0.25, 0.3) is 12.2 Å². The highest BCUT2D eigenvalue weighted by atomic mass is 19.1. The zero-order valence-electron chi connectivity index (χ0n) is 19.9. The van der Waals surface area contributed by atoms with Gasteiger partial charge in [-0.15, -0.1) is 0 Å². The number of nitrogens with zero attached hydrogens (tertiary/aromatic N) is 7. The van der Waals surface area contributed by atoms with Gasteiger partial charge in [-0.25, -0.2) is 4.39 Å². The van der Waals surface area contributed by atoms with Crippen LogP contribution in [0.2, 0.25) is 0 Å². The third kappa shape index (κ3) is 5.25. The maximum Gasteiger partial charge on any atom is 0.233 e. The maximum absolute atomic E-state index is 13.6. The Morgan fingerprint density at radius 3 is 2.50 bits per heavy atom. The van der Waals surface area contributed by atoms with Crippen LogP contribution in [0.1, 0.15) is 24.2 Å². The summed E-state index contributed by atoms with van der Waals surface area (Å²) in [6, 6.07) is 10.5. The van der Waals surface area contributed by atoms with E-state index in [-0.39, 0.29) is 5.82 Å². The lowest BCUT2D eigenvalue weighted by Crippen LogP contribution is -2.47. The zero-order chi connectivity index (χ0) is 24.3. The fourth-order valence-corrected chi connectivity index (χ4v) is 4.49. The molecule has 3 aliphatic rings. The molecule has 4 heterocycles. The highest BCUT2D eigenvalue weighted by Gasteiger charge is 2.28. The van der Waals surface area contributed by atoms with E-state index >= 15 is 0 Å². The third-order valence-electron chi connectivity index (χ3n) is 6.60. The van der Waals surface area contributed by atoms with Crippen LogP contribution in [0.15, 0.2) is 65.4 Å². The smallest absolute Gasteiger partial charge is 0.233 e. The molecule has 182 valence electrons. The number of rotatable bonds is 6. The molecule has 8 nitrogen and oxygen atoms in total. The molecule has 0 unspecified atom stereocenters. The Kier molecular flexibility index (Phi) is 6.11. The Morgan fingerprint density at radius 2 is 1.72 bits per heavy atom. The molecule has 0 radical (unpaired) electrons. The summed E-state index contributed by atoms with van der Waals surface area (Å²) >= 11 is 0. The van der Waals surface area contributed by atoms with Gasteiger partial charge < -0.3 is 15.1 Å². The number of halogens is 1. The molecule has 0 amide bonds. The summed E-state index contributed by atoms with van der Waals surface area (Å²) in [5.74, 6) is 2.78. The summed E-state index contributed by atoms with van der Waals surface area (Å²) in [4.78, 5) is 27.3. The third-order valence-corrected chi connectivity index (χ3v) is 6.60. The van der Waals surface area contributed by atoms with Crippen molar-refractivity contribution in [3.8, 4) is 0 Å². The van der Waals surface area contributed by atoms with E-state index in [1.54, 1.807) is 12.1 Å². The first-order valence-corrected chi connectivity index (χ1v) is 12.3. The summed E-state index contributed by atoms with van der Waals surface area (Å²) < 4.78 is 13.6. The van der Waals surface area contributed by atoms with Gasteiger partial charge in [0.2, 0.25) is 11.9 Å². The fourth-order valence-electron chi connectivity index (χ4n) is 4.49. The minimum Gasteiger partial charge on any atom is -0.368 e. The summed E-state index contributed by atoms with van der Waals surface area (Å²) in [6.07, 6.45) is 11.9. The van der Waals surface area contributed by atoms with E-state index in [1.807, 2.05) is 36.7 Å². The molecule has 0 bridgehead atoms. The van der Waals surface area contributed by atoms with E-state index in [9.17, 15) is 4.39 Å². The summed E-state index contributed by atoms with van der Waals surface area (Å²) in [5, 5.41) is 3.29. The molecular weight excluding hydrogens is 455 g/mol. The van der Waals surface area contributed by atoms with Crippen molar-refractivity contribution >= 4 is 35.6 Å². The molecule has 1 saturated carbocycles. The van der Waals surface area contributed by atoms with Gasteiger partial charge in [0.05, 0.1) is 6.54 Å². The van der Waals surface area contributed by atoms with Gasteiger partial charge in [0.25, 0.3) is 0 Å². The maximum atomic E-state index is 13.6. The number of benzene rings is 1. The Labute approximate surface area is 209 Å². The van der Waals surface area contributed by atoms with Crippen molar-refractivity contribution in [3.63, 3.8) is 0 Å². The molecule has 9 heteroatoms. The van der Waals surface area contributed by atoms with Gasteiger partial charge in [-0.2, -0.15) is 15.0 Å². The molecule has 1 aliphatic carbocycles. The highest BCUT2D eigenvalue weighted by molar-refractivity contribution is 6.05. The molecule has 1 aromatic carbocycles. The van der Waals surface area contributed by atoms with E-state index in [0.29, 0.717) is 23.6 Å². The molecule has 2 fully saturated rings. The lowest BCUT2D eigenvalue weighted by atomic mass is 10.2. The second-order valence-corrected chi connectivity index (χ2v) is 9.21. The Balaban J connectivity index is 1.23. The molecule has 3 aromatic rings. The quantitative estimate of drug-likeness (QED) is 0.567. The number of hydrogen-bond acceptors (Lipinski definition) is 8. The average molecular weight is 483 g/mol. The number of hydrogen-bond donors (Lipinski definition) is 1. The van der Waals surface area contributed by atoms with Crippen molar-refractivity contribution in [2.75, 3.05) is 47.8 Å². The number of nitrogens with one attached hydrogen (secondary N) is 1.